The Labute approximate surface area is 76.0 Å². The maximum Gasteiger partial charge on any atom is 0.288 e. The molecule has 0 spiro atoms. The van der Waals surface area contributed by atoms with Crippen LogP contribution in [0.25, 0.3) is 0 Å². The first kappa shape index (κ1) is 14.2. The number of nitrogens with zero attached hydrogens (tertiary/aromatic N) is 1. The Morgan fingerprint density at radius 2 is 1.92 bits per heavy atom. The van der Waals surface area contributed by atoms with Gasteiger partial charge in [-0.3, -0.25) is 19.5 Å². The Balaban J connectivity index is 0. The van der Waals surface area contributed by atoms with Gasteiger partial charge in [0.25, 0.3) is 5.69 Å². The maximum atomic E-state index is 12.3. The molecule has 7 heteroatoms. The van der Waals surface area contributed by atoms with E-state index in [4.69, 9.17) is 11.6 Å². The van der Waals surface area contributed by atoms with Crippen LogP contribution >= 0.6 is 11.6 Å². The van der Waals surface area contributed by atoms with Gasteiger partial charge in [-0.05, 0) is 12.1 Å². The van der Waals surface area contributed by atoms with Crippen LogP contribution in [0, 0.1) is 15.9 Å². The lowest BCUT2D eigenvalue weighted by Gasteiger charge is -1.92. The fourth-order valence-corrected chi connectivity index (χ4v) is 0.866. The molecule has 0 aromatic heterocycles. The average Bonchev–Trinajstić information content (AvgIpc) is 1.85. The molecule has 1 aromatic carbocycles. The first-order valence-corrected chi connectivity index (χ1v) is 3.08. The predicted octanol–water partition coefficient (Wildman–Crippen LogP) is 2.69. The zero-order valence-electron chi connectivity index (χ0n) is 6.07. The maximum absolute atomic E-state index is 12.3. The molecule has 0 aliphatic carbocycles. The van der Waals surface area contributed by atoms with Gasteiger partial charge in [0.2, 0.25) is 0 Å². The second-order valence-electron chi connectivity index (χ2n) is 1.85. The lowest BCUT2D eigenvalue weighted by Crippen LogP contribution is -1.88. The molecule has 1 aromatic rings. The quantitative estimate of drug-likeness (QED) is 0.534. The van der Waals surface area contributed by atoms with E-state index in [0.29, 0.717) is 0 Å². The van der Waals surface area contributed by atoms with Gasteiger partial charge in [-0.1, -0.05) is 11.6 Å². The van der Waals surface area contributed by atoms with Crippen molar-refractivity contribution in [2.75, 3.05) is 0 Å². The van der Waals surface area contributed by atoms with E-state index in [1.165, 1.54) is 0 Å². The molecule has 74 valence electrons. The average molecular weight is 216 g/mol. The van der Waals surface area contributed by atoms with Gasteiger partial charge in [0.15, 0.2) is 0 Å². The SMILES string of the molecule is F.F.O=[N+]([O-])c1ccc(F)cc1Cl. The van der Waals surface area contributed by atoms with Crippen LogP contribution in [-0.4, -0.2) is 4.92 Å². The van der Waals surface area contributed by atoms with E-state index in [9.17, 15) is 14.5 Å². The Kier molecular flexibility index (Phi) is 5.87. The first-order chi connectivity index (χ1) is 5.11. The van der Waals surface area contributed by atoms with Gasteiger partial charge in [0.05, 0.1) is 4.92 Å². The summed E-state index contributed by atoms with van der Waals surface area (Å²) in [6.45, 7) is 0. The van der Waals surface area contributed by atoms with Crippen LogP contribution in [0.2, 0.25) is 5.02 Å². The molecular weight excluding hydrogens is 211 g/mol. The Bertz CT molecular complexity index is 308. The summed E-state index contributed by atoms with van der Waals surface area (Å²) >= 11 is 5.34. The molecular formula is C6H5ClF3NO2. The summed E-state index contributed by atoms with van der Waals surface area (Å²) in [6, 6.07) is 2.92. The number of halogens is 4. The number of benzene rings is 1. The zero-order valence-corrected chi connectivity index (χ0v) is 6.82. The molecule has 0 fully saturated rings. The number of hydrogen-bond donors (Lipinski definition) is 0. The molecule has 1 rings (SSSR count). The molecule has 0 aliphatic rings. The second kappa shape index (κ2) is 5.36. The van der Waals surface area contributed by atoms with Gasteiger partial charge in [0, 0.05) is 6.07 Å². The normalized spacial score (nSPS) is 8.15. The van der Waals surface area contributed by atoms with Crippen molar-refractivity contribution in [1.29, 1.82) is 0 Å². The van der Waals surface area contributed by atoms with Gasteiger partial charge in [-0.15, -0.1) is 0 Å². The Morgan fingerprint density at radius 1 is 1.38 bits per heavy atom. The zero-order chi connectivity index (χ0) is 8.43. The van der Waals surface area contributed by atoms with E-state index in [2.05, 4.69) is 0 Å². The summed E-state index contributed by atoms with van der Waals surface area (Å²) in [5.74, 6) is -0.583. The first-order valence-electron chi connectivity index (χ1n) is 2.70. The molecule has 0 unspecified atom stereocenters. The highest BCUT2D eigenvalue weighted by Gasteiger charge is 2.11. The third kappa shape index (κ3) is 3.29. The van der Waals surface area contributed by atoms with E-state index in [1.807, 2.05) is 0 Å². The summed E-state index contributed by atoms with van der Waals surface area (Å²) in [5, 5.41) is 9.95. The highest BCUT2D eigenvalue weighted by atomic mass is 35.5. The summed E-state index contributed by atoms with van der Waals surface area (Å²) in [4.78, 5) is 9.47. The van der Waals surface area contributed by atoms with Gasteiger partial charge in [-0.25, -0.2) is 4.39 Å². The minimum Gasteiger partial charge on any atom is -0.269 e. The molecule has 0 heterocycles. The minimum absolute atomic E-state index is 0. The van der Waals surface area contributed by atoms with Gasteiger partial charge < -0.3 is 0 Å². The van der Waals surface area contributed by atoms with Crippen LogP contribution < -0.4 is 0 Å². The van der Waals surface area contributed by atoms with Crippen LogP contribution in [0.4, 0.5) is 19.5 Å². The largest absolute Gasteiger partial charge is 0.288 e. The van der Waals surface area contributed by atoms with Crippen molar-refractivity contribution in [3.63, 3.8) is 0 Å². The van der Waals surface area contributed by atoms with Crippen LogP contribution in [0.15, 0.2) is 18.2 Å². The number of rotatable bonds is 1. The highest BCUT2D eigenvalue weighted by Crippen LogP contribution is 2.23. The molecule has 0 atom stereocenters. The van der Waals surface area contributed by atoms with Gasteiger partial charge >= 0.3 is 0 Å². The monoisotopic (exact) mass is 215 g/mol. The standard InChI is InChI=1S/C6H3ClFNO2.2FH/c7-5-3-4(8)1-2-6(5)9(10)11;;/h1-3H;2*1H. The Morgan fingerprint density at radius 3 is 2.31 bits per heavy atom. The van der Waals surface area contributed by atoms with Gasteiger partial charge in [-0.2, -0.15) is 0 Å². The molecule has 0 amide bonds. The minimum atomic E-state index is -0.665. The van der Waals surface area contributed by atoms with Crippen molar-refractivity contribution < 1.29 is 18.7 Å². The topological polar surface area (TPSA) is 43.1 Å². The summed E-state index contributed by atoms with van der Waals surface area (Å²) in [6.07, 6.45) is 0. The van der Waals surface area contributed by atoms with Gasteiger partial charge in [0.1, 0.15) is 10.8 Å². The summed E-state index contributed by atoms with van der Waals surface area (Å²) in [7, 11) is 0. The molecule has 0 saturated carbocycles. The van der Waals surface area contributed by atoms with E-state index in [0.717, 1.165) is 18.2 Å². The van der Waals surface area contributed by atoms with E-state index in [-0.39, 0.29) is 20.1 Å². The van der Waals surface area contributed by atoms with Crippen molar-refractivity contribution in [2.45, 2.75) is 0 Å². The molecule has 0 saturated heterocycles. The molecule has 0 aliphatic heterocycles. The lowest BCUT2D eigenvalue weighted by atomic mass is 10.3. The smallest absolute Gasteiger partial charge is 0.269 e. The van der Waals surface area contributed by atoms with Crippen LogP contribution in [0.3, 0.4) is 0 Å². The molecule has 3 nitrogen and oxygen atoms in total. The Hall–Kier alpha value is -1.30. The number of nitro groups is 1. The predicted molar refractivity (Wildman–Crippen MR) is 43.1 cm³/mol. The van der Waals surface area contributed by atoms with Crippen LogP contribution in [-0.2, 0) is 0 Å². The van der Waals surface area contributed by atoms with Crippen molar-refractivity contribution >= 4 is 17.3 Å². The fraction of sp³-hybridized carbons (Fsp3) is 0. The van der Waals surface area contributed by atoms with E-state index >= 15 is 0 Å². The second-order valence-corrected chi connectivity index (χ2v) is 2.26. The highest BCUT2D eigenvalue weighted by molar-refractivity contribution is 6.32. The number of nitro benzene ring substituents is 1. The van der Waals surface area contributed by atoms with E-state index < -0.39 is 10.7 Å². The molecule has 0 radical (unpaired) electrons. The third-order valence-electron chi connectivity index (χ3n) is 1.11. The van der Waals surface area contributed by atoms with Crippen LogP contribution in [0.1, 0.15) is 0 Å². The van der Waals surface area contributed by atoms with E-state index in [1.54, 1.807) is 0 Å². The van der Waals surface area contributed by atoms with Crippen molar-refractivity contribution in [3.05, 3.63) is 39.2 Å². The molecule has 0 bridgehead atoms. The van der Waals surface area contributed by atoms with Crippen molar-refractivity contribution in [1.82, 2.24) is 0 Å². The van der Waals surface area contributed by atoms with Crippen molar-refractivity contribution in [2.24, 2.45) is 0 Å². The molecule has 13 heavy (non-hydrogen) atoms. The van der Waals surface area contributed by atoms with Crippen molar-refractivity contribution in [3.8, 4) is 0 Å². The summed E-state index contributed by atoms with van der Waals surface area (Å²) < 4.78 is 12.3. The molecule has 0 N–H and O–H groups in total. The number of hydrogen-bond acceptors (Lipinski definition) is 2. The summed E-state index contributed by atoms with van der Waals surface area (Å²) in [5.41, 5.74) is -0.284. The third-order valence-corrected chi connectivity index (χ3v) is 1.41. The fourth-order valence-electron chi connectivity index (χ4n) is 0.629. The van der Waals surface area contributed by atoms with Crippen LogP contribution in [0.5, 0.6) is 0 Å². The lowest BCUT2D eigenvalue weighted by molar-refractivity contribution is -0.384.